The molecule has 64 valence electrons. The number of hydrogen-bond donors (Lipinski definition) is 1. The van der Waals surface area contributed by atoms with Crippen molar-refractivity contribution in [2.45, 2.75) is 44.6 Å². The summed E-state index contributed by atoms with van der Waals surface area (Å²) in [6.45, 7) is 2.08. The molecule has 2 nitrogen and oxygen atoms in total. The lowest BCUT2D eigenvalue weighted by atomic mass is 9.86. The Morgan fingerprint density at radius 3 is 3.00 bits per heavy atom. The molecule has 1 N–H and O–H groups in total. The van der Waals surface area contributed by atoms with E-state index in [9.17, 15) is 9.90 Å². The van der Waals surface area contributed by atoms with Gasteiger partial charge in [-0.05, 0) is 18.8 Å². The topological polar surface area (TPSA) is 37.3 Å². The molecule has 0 heterocycles. The van der Waals surface area contributed by atoms with Crippen molar-refractivity contribution in [1.29, 1.82) is 0 Å². The van der Waals surface area contributed by atoms with Crippen LogP contribution in [0.1, 0.15) is 39.0 Å². The third-order valence-electron chi connectivity index (χ3n) is 2.85. The summed E-state index contributed by atoms with van der Waals surface area (Å²) in [4.78, 5) is 10.3. The van der Waals surface area contributed by atoms with Crippen LogP contribution in [0.4, 0.5) is 0 Å². The summed E-state index contributed by atoms with van der Waals surface area (Å²) in [7, 11) is 0. The van der Waals surface area contributed by atoms with Crippen LogP contribution in [0, 0.1) is 5.92 Å². The van der Waals surface area contributed by atoms with Crippen molar-refractivity contribution in [1.82, 2.24) is 0 Å². The van der Waals surface area contributed by atoms with Crippen LogP contribution in [-0.2, 0) is 4.79 Å². The van der Waals surface area contributed by atoms with Gasteiger partial charge in [0.25, 0.3) is 0 Å². The van der Waals surface area contributed by atoms with Gasteiger partial charge in [0, 0.05) is 6.42 Å². The van der Waals surface area contributed by atoms with Crippen LogP contribution >= 0.6 is 0 Å². The molecule has 0 amide bonds. The van der Waals surface area contributed by atoms with Crippen LogP contribution < -0.4 is 0 Å². The van der Waals surface area contributed by atoms with E-state index in [4.69, 9.17) is 0 Å². The molecular formula is C9H16O2. The van der Waals surface area contributed by atoms with E-state index in [-0.39, 0.29) is 0 Å². The van der Waals surface area contributed by atoms with Crippen molar-refractivity contribution >= 4 is 6.29 Å². The Balaban J connectivity index is 2.58. The van der Waals surface area contributed by atoms with E-state index < -0.39 is 5.60 Å². The Labute approximate surface area is 67.6 Å². The standard InChI is InChI=1S/C9H16O2/c1-2-8-4-3-5-9(8,11)6-7-10/h7-8,11H,2-6H2,1H3. The molecule has 1 rings (SSSR count). The number of rotatable bonds is 3. The molecule has 1 aliphatic carbocycles. The summed E-state index contributed by atoms with van der Waals surface area (Å²) in [6.07, 6.45) is 5.12. The maximum Gasteiger partial charge on any atom is 0.122 e. The second-order valence-electron chi connectivity index (χ2n) is 3.47. The Morgan fingerprint density at radius 2 is 2.45 bits per heavy atom. The summed E-state index contributed by atoms with van der Waals surface area (Å²) in [5.74, 6) is 0.354. The Hall–Kier alpha value is -0.370. The number of aliphatic hydroxyl groups is 1. The van der Waals surface area contributed by atoms with Crippen molar-refractivity contribution in [3.05, 3.63) is 0 Å². The lowest BCUT2D eigenvalue weighted by molar-refractivity contribution is -0.113. The van der Waals surface area contributed by atoms with Gasteiger partial charge in [0.15, 0.2) is 0 Å². The second kappa shape index (κ2) is 3.35. The first-order valence-electron chi connectivity index (χ1n) is 4.39. The minimum Gasteiger partial charge on any atom is -0.389 e. The summed E-state index contributed by atoms with van der Waals surface area (Å²) < 4.78 is 0. The normalized spacial score (nSPS) is 37.5. The van der Waals surface area contributed by atoms with Gasteiger partial charge >= 0.3 is 0 Å². The smallest absolute Gasteiger partial charge is 0.122 e. The maximum absolute atomic E-state index is 10.3. The molecule has 0 saturated heterocycles. The third-order valence-corrected chi connectivity index (χ3v) is 2.85. The first-order chi connectivity index (χ1) is 5.23. The van der Waals surface area contributed by atoms with Crippen LogP contribution in [-0.4, -0.2) is 17.0 Å². The highest BCUT2D eigenvalue weighted by molar-refractivity contribution is 5.51. The average molecular weight is 156 g/mol. The van der Waals surface area contributed by atoms with Crippen LogP contribution in [0.2, 0.25) is 0 Å². The first-order valence-corrected chi connectivity index (χ1v) is 4.39. The van der Waals surface area contributed by atoms with Gasteiger partial charge in [-0.3, -0.25) is 0 Å². The van der Waals surface area contributed by atoms with Crippen molar-refractivity contribution in [2.24, 2.45) is 5.92 Å². The summed E-state index contributed by atoms with van der Waals surface area (Å²) in [5.41, 5.74) is -0.656. The minimum atomic E-state index is -0.656. The predicted octanol–water partition coefficient (Wildman–Crippen LogP) is 1.52. The van der Waals surface area contributed by atoms with Crippen LogP contribution in [0.15, 0.2) is 0 Å². The van der Waals surface area contributed by atoms with Crippen LogP contribution in [0.25, 0.3) is 0 Å². The van der Waals surface area contributed by atoms with E-state index >= 15 is 0 Å². The largest absolute Gasteiger partial charge is 0.389 e. The molecule has 1 fully saturated rings. The fourth-order valence-electron chi connectivity index (χ4n) is 2.12. The van der Waals surface area contributed by atoms with Crippen LogP contribution in [0.3, 0.4) is 0 Å². The second-order valence-corrected chi connectivity index (χ2v) is 3.47. The summed E-state index contributed by atoms with van der Waals surface area (Å²) in [6, 6.07) is 0. The van der Waals surface area contributed by atoms with Gasteiger partial charge in [0.2, 0.25) is 0 Å². The van der Waals surface area contributed by atoms with Crippen molar-refractivity contribution in [3.8, 4) is 0 Å². The monoisotopic (exact) mass is 156 g/mol. The van der Waals surface area contributed by atoms with E-state index in [0.29, 0.717) is 12.3 Å². The summed E-state index contributed by atoms with van der Waals surface area (Å²) >= 11 is 0. The Morgan fingerprint density at radius 1 is 1.73 bits per heavy atom. The van der Waals surface area contributed by atoms with Gasteiger partial charge in [0.05, 0.1) is 5.60 Å². The number of aldehydes is 1. The van der Waals surface area contributed by atoms with Gasteiger partial charge in [-0.15, -0.1) is 0 Å². The van der Waals surface area contributed by atoms with Crippen LogP contribution in [0.5, 0.6) is 0 Å². The van der Waals surface area contributed by atoms with E-state index in [2.05, 4.69) is 6.92 Å². The molecule has 1 aliphatic rings. The third kappa shape index (κ3) is 1.62. The molecule has 0 aromatic carbocycles. The van der Waals surface area contributed by atoms with Gasteiger partial charge < -0.3 is 9.90 Å². The molecular weight excluding hydrogens is 140 g/mol. The highest BCUT2D eigenvalue weighted by Crippen LogP contribution is 2.39. The molecule has 2 unspecified atom stereocenters. The molecule has 2 atom stereocenters. The minimum absolute atomic E-state index is 0.325. The van der Waals surface area contributed by atoms with E-state index in [1.165, 1.54) is 0 Å². The zero-order valence-corrected chi connectivity index (χ0v) is 7.05. The molecule has 1 saturated carbocycles. The molecule has 0 aromatic rings. The molecule has 0 aromatic heterocycles. The quantitative estimate of drug-likeness (QED) is 0.629. The van der Waals surface area contributed by atoms with Crippen molar-refractivity contribution < 1.29 is 9.90 Å². The molecule has 0 aliphatic heterocycles. The molecule has 0 bridgehead atoms. The Bertz CT molecular complexity index is 144. The lowest BCUT2D eigenvalue weighted by Crippen LogP contribution is -2.33. The first kappa shape index (κ1) is 8.72. The van der Waals surface area contributed by atoms with E-state index in [1.807, 2.05) is 0 Å². The zero-order valence-electron chi connectivity index (χ0n) is 7.05. The number of hydrogen-bond acceptors (Lipinski definition) is 2. The van der Waals surface area contributed by atoms with Gasteiger partial charge in [-0.25, -0.2) is 0 Å². The summed E-state index contributed by atoms with van der Waals surface area (Å²) in [5, 5.41) is 9.92. The Kier molecular flexibility index (Phi) is 2.66. The van der Waals surface area contributed by atoms with Crippen molar-refractivity contribution in [2.75, 3.05) is 0 Å². The SMILES string of the molecule is CCC1CCCC1(O)CC=O. The maximum atomic E-state index is 10.3. The highest BCUT2D eigenvalue weighted by atomic mass is 16.3. The zero-order chi connectivity index (χ0) is 8.32. The lowest BCUT2D eigenvalue weighted by Gasteiger charge is -2.26. The molecule has 11 heavy (non-hydrogen) atoms. The van der Waals surface area contributed by atoms with Gasteiger partial charge in [-0.1, -0.05) is 19.8 Å². The fourth-order valence-corrected chi connectivity index (χ4v) is 2.12. The van der Waals surface area contributed by atoms with Gasteiger partial charge in [0.1, 0.15) is 6.29 Å². The fraction of sp³-hybridized carbons (Fsp3) is 0.889. The molecule has 0 radical (unpaired) electrons. The predicted molar refractivity (Wildman–Crippen MR) is 43.3 cm³/mol. The number of carbonyl (C=O) groups excluding carboxylic acids is 1. The number of carbonyl (C=O) groups is 1. The van der Waals surface area contributed by atoms with Crippen molar-refractivity contribution in [3.63, 3.8) is 0 Å². The molecule has 2 heteroatoms. The molecule has 0 spiro atoms. The highest BCUT2D eigenvalue weighted by Gasteiger charge is 2.39. The van der Waals surface area contributed by atoms with Gasteiger partial charge in [-0.2, -0.15) is 0 Å². The van der Waals surface area contributed by atoms with E-state index in [0.717, 1.165) is 32.0 Å². The average Bonchev–Trinajstić information content (AvgIpc) is 2.31. The van der Waals surface area contributed by atoms with E-state index in [1.54, 1.807) is 0 Å².